The van der Waals surface area contributed by atoms with E-state index in [9.17, 15) is 0 Å². The molecule has 1 aromatic heterocycles. The quantitative estimate of drug-likeness (QED) is 0.884. The predicted octanol–water partition coefficient (Wildman–Crippen LogP) is 2.24. The molecule has 0 radical (unpaired) electrons. The van der Waals surface area contributed by atoms with Gasteiger partial charge in [0.1, 0.15) is 5.82 Å². The molecule has 3 nitrogen and oxygen atoms in total. The van der Waals surface area contributed by atoms with E-state index in [0.717, 1.165) is 37.7 Å². The number of aromatic nitrogens is 2. The standard InChI is InChI=1S/C15H23N3/c1-3-16-9-11-4-5-13-12(8-11)10-17-14(18-13)15(2)6-7-15/h10-11,16H,3-9H2,1-2H3. The summed E-state index contributed by atoms with van der Waals surface area (Å²) in [5.74, 6) is 1.86. The largest absolute Gasteiger partial charge is 0.317 e. The van der Waals surface area contributed by atoms with E-state index >= 15 is 0 Å². The predicted molar refractivity (Wildman–Crippen MR) is 72.7 cm³/mol. The lowest BCUT2D eigenvalue weighted by molar-refractivity contribution is 0.422. The molecule has 0 spiro atoms. The van der Waals surface area contributed by atoms with Crippen molar-refractivity contribution in [3.05, 3.63) is 23.3 Å². The zero-order valence-corrected chi connectivity index (χ0v) is 11.5. The van der Waals surface area contributed by atoms with Gasteiger partial charge in [0.05, 0.1) is 0 Å². The van der Waals surface area contributed by atoms with Crippen molar-refractivity contribution >= 4 is 0 Å². The summed E-state index contributed by atoms with van der Waals surface area (Å²) in [7, 11) is 0. The molecule has 2 aliphatic rings. The van der Waals surface area contributed by atoms with Gasteiger partial charge >= 0.3 is 0 Å². The second-order valence-corrected chi connectivity index (χ2v) is 6.14. The maximum Gasteiger partial charge on any atom is 0.134 e. The Morgan fingerprint density at radius 2 is 2.28 bits per heavy atom. The van der Waals surface area contributed by atoms with E-state index in [1.807, 2.05) is 0 Å². The summed E-state index contributed by atoms with van der Waals surface area (Å²) in [5, 5.41) is 3.45. The van der Waals surface area contributed by atoms with E-state index in [1.54, 1.807) is 0 Å². The summed E-state index contributed by atoms with van der Waals surface area (Å²) >= 11 is 0. The Bertz CT molecular complexity index is 437. The van der Waals surface area contributed by atoms with Crippen LogP contribution in [0.15, 0.2) is 6.20 Å². The van der Waals surface area contributed by atoms with Crippen molar-refractivity contribution in [1.82, 2.24) is 15.3 Å². The minimum Gasteiger partial charge on any atom is -0.317 e. The maximum atomic E-state index is 4.83. The van der Waals surface area contributed by atoms with Gasteiger partial charge in [-0.2, -0.15) is 0 Å². The number of fused-ring (bicyclic) bond motifs is 1. The molecule has 1 heterocycles. The van der Waals surface area contributed by atoms with E-state index in [4.69, 9.17) is 4.98 Å². The molecule has 1 saturated carbocycles. The van der Waals surface area contributed by atoms with Crippen LogP contribution in [0.4, 0.5) is 0 Å². The third-order valence-electron chi connectivity index (χ3n) is 4.48. The van der Waals surface area contributed by atoms with Gasteiger partial charge in [0.2, 0.25) is 0 Å². The van der Waals surface area contributed by atoms with Crippen molar-refractivity contribution in [3.63, 3.8) is 0 Å². The Kier molecular flexibility index (Phi) is 3.10. The van der Waals surface area contributed by atoms with Crippen molar-refractivity contribution in [2.45, 2.75) is 51.4 Å². The molecule has 1 unspecified atom stereocenters. The number of hydrogen-bond donors (Lipinski definition) is 1. The summed E-state index contributed by atoms with van der Waals surface area (Å²) in [6.07, 6.45) is 8.17. The number of hydrogen-bond acceptors (Lipinski definition) is 3. The first-order valence-corrected chi connectivity index (χ1v) is 7.27. The first kappa shape index (κ1) is 12.1. The lowest BCUT2D eigenvalue weighted by Gasteiger charge is -2.24. The maximum absolute atomic E-state index is 4.83. The highest BCUT2D eigenvalue weighted by Gasteiger charge is 2.42. The van der Waals surface area contributed by atoms with Crippen LogP contribution in [0.1, 0.15) is 50.2 Å². The molecule has 18 heavy (non-hydrogen) atoms. The van der Waals surface area contributed by atoms with Gasteiger partial charge in [-0.3, -0.25) is 0 Å². The van der Waals surface area contributed by atoms with Crippen LogP contribution in [0.3, 0.4) is 0 Å². The van der Waals surface area contributed by atoms with Crippen LogP contribution in [-0.2, 0) is 18.3 Å². The summed E-state index contributed by atoms with van der Waals surface area (Å²) < 4.78 is 0. The minimum absolute atomic E-state index is 0.301. The Hall–Kier alpha value is -0.960. The van der Waals surface area contributed by atoms with Crippen molar-refractivity contribution in [2.24, 2.45) is 5.92 Å². The summed E-state index contributed by atoms with van der Waals surface area (Å²) in [5.41, 5.74) is 3.01. The van der Waals surface area contributed by atoms with Crippen LogP contribution < -0.4 is 5.32 Å². The van der Waals surface area contributed by atoms with Gasteiger partial charge in [-0.25, -0.2) is 9.97 Å². The van der Waals surface area contributed by atoms with E-state index in [0.29, 0.717) is 5.41 Å². The first-order chi connectivity index (χ1) is 8.71. The van der Waals surface area contributed by atoms with E-state index in [2.05, 4.69) is 30.3 Å². The Labute approximate surface area is 109 Å². The number of rotatable bonds is 4. The zero-order chi connectivity index (χ0) is 12.6. The highest BCUT2D eigenvalue weighted by atomic mass is 14.9. The molecule has 0 aromatic carbocycles. The van der Waals surface area contributed by atoms with E-state index in [1.165, 1.54) is 30.5 Å². The fourth-order valence-electron chi connectivity index (χ4n) is 2.81. The van der Waals surface area contributed by atoms with Crippen LogP contribution in [0.2, 0.25) is 0 Å². The van der Waals surface area contributed by atoms with E-state index < -0.39 is 0 Å². The molecule has 0 bridgehead atoms. The van der Waals surface area contributed by atoms with Crippen LogP contribution in [-0.4, -0.2) is 23.1 Å². The van der Waals surface area contributed by atoms with Gasteiger partial charge in [0.25, 0.3) is 0 Å². The molecule has 1 aromatic rings. The highest BCUT2D eigenvalue weighted by molar-refractivity contribution is 5.25. The Morgan fingerprint density at radius 1 is 1.44 bits per heavy atom. The van der Waals surface area contributed by atoms with Crippen molar-refractivity contribution in [1.29, 1.82) is 0 Å². The van der Waals surface area contributed by atoms with Gasteiger partial charge in [-0.1, -0.05) is 13.8 Å². The van der Waals surface area contributed by atoms with Crippen molar-refractivity contribution < 1.29 is 0 Å². The molecule has 0 aliphatic heterocycles. The lowest BCUT2D eigenvalue weighted by Crippen LogP contribution is -2.28. The van der Waals surface area contributed by atoms with Gasteiger partial charge < -0.3 is 5.32 Å². The van der Waals surface area contributed by atoms with Gasteiger partial charge in [-0.15, -0.1) is 0 Å². The SMILES string of the molecule is CCNCC1CCc2nc(C3(C)CC3)ncc2C1. The number of aryl methyl sites for hydroxylation is 1. The third-order valence-corrected chi connectivity index (χ3v) is 4.48. The molecule has 0 saturated heterocycles. The van der Waals surface area contributed by atoms with Crippen LogP contribution in [0.25, 0.3) is 0 Å². The Morgan fingerprint density at radius 3 is 3.00 bits per heavy atom. The topological polar surface area (TPSA) is 37.8 Å². The highest BCUT2D eigenvalue weighted by Crippen LogP contribution is 2.46. The average Bonchev–Trinajstić information content (AvgIpc) is 3.15. The number of nitrogens with one attached hydrogen (secondary N) is 1. The second kappa shape index (κ2) is 4.61. The number of nitrogens with zero attached hydrogens (tertiary/aromatic N) is 2. The normalized spacial score (nSPS) is 24.7. The molecular weight excluding hydrogens is 222 g/mol. The van der Waals surface area contributed by atoms with E-state index in [-0.39, 0.29) is 0 Å². The van der Waals surface area contributed by atoms with Crippen molar-refractivity contribution in [2.75, 3.05) is 13.1 Å². The Balaban J connectivity index is 1.73. The molecule has 3 rings (SSSR count). The van der Waals surface area contributed by atoms with Crippen molar-refractivity contribution in [3.8, 4) is 0 Å². The monoisotopic (exact) mass is 245 g/mol. The summed E-state index contributed by atoms with van der Waals surface area (Å²) in [6.45, 7) is 6.65. The van der Waals surface area contributed by atoms with Gasteiger partial charge in [-0.05, 0) is 56.7 Å². The summed E-state index contributed by atoms with van der Waals surface area (Å²) in [4.78, 5) is 9.44. The second-order valence-electron chi connectivity index (χ2n) is 6.14. The zero-order valence-electron chi connectivity index (χ0n) is 11.5. The smallest absolute Gasteiger partial charge is 0.134 e. The minimum atomic E-state index is 0.301. The average molecular weight is 245 g/mol. The fraction of sp³-hybridized carbons (Fsp3) is 0.733. The summed E-state index contributed by atoms with van der Waals surface area (Å²) in [6, 6.07) is 0. The molecular formula is C15H23N3. The molecule has 1 atom stereocenters. The van der Waals surface area contributed by atoms with Gasteiger partial charge in [0, 0.05) is 17.3 Å². The van der Waals surface area contributed by atoms with Crippen LogP contribution >= 0.6 is 0 Å². The van der Waals surface area contributed by atoms with Crippen LogP contribution in [0.5, 0.6) is 0 Å². The molecule has 1 N–H and O–H groups in total. The third kappa shape index (κ3) is 2.28. The molecule has 0 amide bonds. The lowest BCUT2D eigenvalue weighted by atomic mass is 9.87. The molecule has 3 heteroatoms. The van der Waals surface area contributed by atoms with Gasteiger partial charge in [0.15, 0.2) is 0 Å². The molecule has 2 aliphatic carbocycles. The molecule has 1 fully saturated rings. The molecule has 98 valence electrons. The first-order valence-electron chi connectivity index (χ1n) is 7.27. The van der Waals surface area contributed by atoms with Crippen LogP contribution in [0, 0.1) is 5.92 Å². The fourth-order valence-corrected chi connectivity index (χ4v) is 2.81.